The minimum atomic E-state index is -1.09. The number of ether oxygens (including phenoxy) is 1. The Morgan fingerprint density at radius 1 is 1.41 bits per heavy atom. The van der Waals surface area contributed by atoms with Crippen molar-refractivity contribution in [1.82, 2.24) is 0 Å². The van der Waals surface area contributed by atoms with E-state index in [4.69, 9.17) is 4.74 Å². The number of nitrogens with zero attached hydrogens (tertiary/aromatic N) is 2. The van der Waals surface area contributed by atoms with E-state index in [0.717, 1.165) is 16.6 Å². The van der Waals surface area contributed by atoms with Crippen molar-refractivity contribution in [2.45, 2.75) is 38.9 Å². The van der Waals surface area contributed by atoms with Crippen LogP contribution in [-0.4, -0.2) is 34.4 Å². The van der Waals surface area contributed by atoms with E-state index in [1.807, 2.05) is 17.5 Å². The van der Waals surface area contributed by atoms with Crippen LogP contribution in [0.4, 0.5) is 0 Å². The molecular weight excluding hydrogens is 384 g/mol. The van der Waals surface area contributed by atoms with E-state index in [0.29, 0.717) is 16.3 Å². The number of Topliss-reactive ketones (excluding diaryl/α,β-unsaturated/α-hetero) is 2. The van der Waals surface area contributed by atoms with Gasteiger partial charge in [0.05, 0.1) is 17.7 Å². The van der Waals surface area contributed by atoms with Crippen molar-refractivity contribution < 1.29 is 19.1 Å². The summed E-state index contributed by atoms with van der Waals surface area (Å²) in [4.78, 5) is 41.7. The van der Waals surface area contributed by atoms with Crippen molar-refractivity contribution in [1.29, 1.82) is 5.26 Å². The van der Waals surface area contributed by atoms with Crippen LogP contribution in [0.1, 0.15) is 38.5 Å². The number of allylic oxidation sites excluding steroid dienone is 2. The summed E-state index contributed by atoms with van der Waals surface area (Å²) in [7, 11) is 0. The zero-order valence-electron chi connectivity index (χ0n) is 15.5. The number of esters is 1. The molecule has 2 heterocycles. The van der Waals surface area contributed by atoms with E-state index in [1.165, 1.54) is 25.2 Å². The van der Waals surface area contributed by atoms with Gasteiger partial charge >= 0.3 is 5.97 Å². The van der Waals surface area contributed by atoms with Crippen LogP contribution < -0.4 is 0 Å². The Bertz CT molecular complexity index is 850. The predicted octanol–water partition coefficient (Wildman–Crippen LogP) is 3.50. The Hall–Kier alpha value is -2.24. The van der Waals surface area contributed by atoms with Gasteiger partial charge in [-0.1, -0.05) is 17.8 Å². The maximum Gasteiger partial charge on any atom is 0.327 e. The number of hydrogen-bond acceptors (Lipinski definition) is 8. The molecule has 0 saturated heterocycles. The number of thioether (sulfide) groups is 1. The zero-order chi connectivity index (χ0) is 20.1. The van der Waals surface area contributed by atoms with Crippen molar-refractivity contribution in [3.63, 3.8) is 0 Å². The zero-order valence-corrected chi connectivity index (χ0v) is 17.1. The molecule has 27 heavy (non-hydrogen) atoms. The number of aliphatic imine (C=N–C) groups is 1. The summed E-state index contributed by atoms with van der Waals surface area (Å²) in [6.07, 6.45) is 0. The topological polar surface area (TPSA) is 96.6 Å². The molecule has 1 aromatic heterocycles. The Kier molecular flexibility index (Phi) is 7.11. The lowest BCUT2D eigenvalue weighted by Gasteiger charge is -2.29. The van der Waals surface area contributed by atoms with Gasteiger partial charge in [0.15, 0.2) is 16.8 Å². The lowest BCUT2D eigenvalue weighted by atomic mass is 9.81. The summed E-state index contributed by atoms with van der Waals surface area (Å²) in [5, 5.41) is 11.0. The number of carbonyl (C=O) groups excluding carboxylic acids is 3. The van der Waals surface area contributed by atoms with Gasteiger partial charge in [-0.05, 0) is 39.1 Å². The number of thiophene rings is 1. The fourth-order valence-corrected chi connectivity index (χ4v) is 4.91. The van der Waals surface area contributed by atoms with Crippen molar-refractivity contribution in [2.24, 2.45) is 10.9 Å². The molecule has 8 heteroatoms. The molecule has 0 aromatic carbocycles. The fraction of sp³-hybridized carbons (Fsp3) is 0.421. The quantitative estimate of drug-likeness (QED) is 0.532. The first-order valence-electron chi connectivity index (χ1n) is 8.38. The van der Waals surface area contributed by atoms with Crippen molar-refractivity contribution in [3.8, 4) is 6.07 Å². The third kappa shape index (κ3) is 4.54. The van der Waals surface area contributed by atoms with Gasteiger partial charge < -0.3 is 4.74 Å². The maximum atomic E-state index is 12.2. The highest BCUT2D eigenvalue weighted by molar-refractivity contribution is 8.15. The number of ketones is 2. The van der Waals surface area contributed by atoms with E-state index < -0.39 is 23.1 Å². The van der Waals surface area contributed by atoms with E-state index >= 15 is 0 Å². The molecule has 1 aliphatic heterocycles. The Morgan fingerprint density at radius 2 is 2.11 bits per heavy atom. The first-order chi connectivity index (χ1) is 12.8. The van der Waals surface area contributed by atoms with Crippen molar-refractivity contribution in [2.75, 3.05) is 6.61 Å². The molecule has 0 radical (unpaired) electrons. The molecule has 1 aromatic rings. The number of hydrogen-bond donors (Lipinski definition) is 0. The van der Waals surface area contributed by atoms with Gasteiger partial charge in [0.1, 0.15) is 5.92 Å². The van der Waals surface area contributed by atoms with Crippen LogP contribution in [0.3, 0.4) is 0 Å². The highest BCUT2D eigenvalue weighted by atomic mass is 32.2. The van der Waals surface area contributed by atoms with Gasteiger partial charge in [0, 0.05) is 22.1 Å². The predicted molar refractivity (Wildman–Crippen MR) is 106 cm³/mol. The molecule has 6 nitrogen and oxygen atoms in total. The molecule has 3 atom stereocenters. The van der Waals surface area contributed by atoms with Crippen LogP contribution >= 0.6 is 23.1 Å². The van der Waals surface area contributed by atoms with E-state index in [-0.39, 0.29) is 18.2 Å². The minimum absolute atomic E-state index is 0.146. The van der Waals surface area contributed by atoms with Crippen LogP contribution in [0.15, 0.2) is 33.8 Å². The minimum Gasteiger partial charge on any atom is -0.465 e. The molecule has 0 N–H and O–H groups in total. The molecule has 2 rings (SSSR count). The first-order valence-corrected chi connectivity index (χ1v) is 10.1. The van der Waals surface area contributed by atoms with Gasteiger partial charge in [0.25, 0.3) is 0 Å². The molecule has 0 saturated carbocycles. The van der Waals surface area contributed by atoms with E-state index in [9.17, 15) is 19.6 Å². The molecule has 0 spiro atoms. The normalized spacial score (nSPS) is 20.5. The summed E-state index contributed by atoms with van der Waals surface area (Å²) in [6.45, 7) is 6.29. The first kappa shape index (κ1) is 21.1. The van der Waals surface area contributed by atoms with Crippen molar-refractivity contribution in [3.05, 3.63) is 33.7 Å². The smallest absolute Gasteiger partial charge is 0.327 e. The van der Waals surface area contributed by atoms with E-state index in [1.54, 1.807) is 13.8 Å². The standard InChI is InChI=1S/C19H20N2O4S2/c1-5-25-19(24)17(12(4)23)27-18-13(9-20)16(14-7-6-8-26-14)15(11(3)22)10(2)21-18/h6-8,13,16-17H,5H2,1-4H3. The SMILES string of the molecule is CCOC(=O)C(SC1=NC(C)=C(C(C)=O)C(c2cccs2)C1C#N)C(C)=O. The third-order valence-electron chi connectivity index (χ3n) is 4.05. The second-order valence-electron chi connectivity index (χ2n) is 5.97. The van der Waals surface area contributed by atoms with E-state index in [2.05, 4.69) is 11.1 Å². The third-order valence-corrected chi connectivity index (χ3v) is 6.36. The Balaban J connectivity index is 2.50. The lowest BCUT2D eigenvalue weighted by Crippen LogP contribution is -2.33. The second-order valence-corrected chi connectivity index (χ2v) is 8.07. The molecule has 1 aliphatic rings. The molecular formula is C19H20N2O4S2. The van der Waals surface area contributed by atoms with Crippen LogP contribution in [0.5, 0.6) is 0 Å². The van der Waals surface area contributed by atoms with Gasteiger partial charge in [-0.15, -0.1) is 11.3 Å². The Morgan fingerprint density at radius 3 is 2.59 bits per heavy atom. The summed E-state index contributed by atoms with van der Waals surface area (Å²) in [5.74, 6) is -2.40. The van der Waals surface area contributed by atoms with Crippen LogP contribution in [0.2, 0.25) is 0 Å². The highest BCUT2D eigenvalue weighted by Crippen LogP contribution is 2.43. The molecule has 0 amide bonds. The molecule has 0 bridgehead atoms. The number of carbonyl (C=O) groups is 3. The summed E-state index contributed by atoms with van der Waals surface area (Å²) < 4.78 is 4.98. The van der Waals surface area contributed by atoms with Gasteiger partial charge in [-0.25, -0.2) is 4.99 Å². The molecule has 0 fully saturated rings. The lowest BCUT2D eigenvalue weighted by molar-refractivity contribution is -0.144. The molecule has 3 unspecified atom stereocenters. The largest absolute Gasteiger partial charge is 0.465 e. The van der Waals surface area contributed by atoms with Gasteiger partial charge in [-0.2, -0.15) is 5.26 Å². The number of nitriles is 1. The average molecular weight is 405 g/mol. The van der Waals surface area contributed by atoms with Gasteiger partial charge in [0.2, 0.25) is 0 Å². The fourth-order valence-electron chi connectivity index (χ4n) is 2.94. The summed E-state index contributed by atoms with van der Waals surface area (Å²) >= 11 is 2.39. The van der Waals surface area contributed by atoms with Crippen molar-refractivity contribution >= 4 is 45.7 Å². The van der Waals surface area contributed by atoms with Gasteiger partial charge in [-0.3, -0.25) is 14.4 Å². The second kappa shape index (κ2) is 9.11. The molecule has 142 valence electrons. The summed E-state index contributed by atoms with van der Waals surface area (Å²) in [6, 6.07) is 5.95. The maximum absolute atomic E-state index is 12.2. The summed E-state index contributed by atoms with van der Waals surface area (Å²) in [5.41, 5.74) is 0.991. The van der Waals surface area contributed by atoms with Crippen LogP contribution in [0, 0.1) is 17.2 Å². The van der Waals surface area contributed by atoms with Crippen LogP contribution in [0.25, 0.3) is 0 Å². The average Bonchev–Trinajstić information content (AvgIpc) is 3.12. The Labute approximate surface area is 166 Å². The number of rotatable bonds is 6. The molecule has 0 aliphatic carbocycles. The monoisotopic (exact) mass is 404 g/mol. The van der Waals surface area contributed by atoms with Crippen LogP contribution in [-0.2, 0) is 19.1 Å². The highest BCUT2D eigenvalue weighted by Gasteiger charge is 2.40.